The van der Waals surface area contributed by atoms with Crippen LogP contribution in [0.15, 0.2) is 48.5 Å². The molecule has 2 aromatic rings. The van der Waals surface area contributed by atoms with Crippen LogP contribution in [-0.2, 0) is 0 Å². The van der Waals surface area contributed by atoms with Crippen LogP contribution in [0.2, 0.25) is 0 Å². The summed E-state index contributed by atoms with van der Waals surface area (Å²) in [6.07, 6.45) is 0. The maximum atomic E-state index is 3.34. The summed E-state index contributed by atoms with van der Waals surface area (Å²) in [4.78, 5) is 2.37. The van der Waals surface area contributed by atoms with Gasteiger partial charge in [-0.1, -0.05) is 30.3 Å². The van der Waals surface area contributed by atoms with E-state index in [1.165, 1.54) is 22.5 Å². The largest absolute Gasteiger partial charge is 0.341 e. The van der Waals surface area contributed by atoms with Crippen LogP contribution in [0.3, 0.4) is 0 Å². The summed E-state index contributed by atoms with van der Waals surface area (Å²) in [7, 11) is 2.00. The molecule has 0 saturated carbocycles. The lowest BCUT2D eigenvalue weighted by molar-refractivity contribution is 0.651. The molecule has 0 amide bonds. The van der Waals surface area contributed by atoms with Gasteiger partial charge in [-0.3, -0.25) is 0 Å². The summed E-state index contributed by atoms with van der Waals surface area (Å²) >= 11 is 0. The maximum Gasteiger partial charge on any atom is 0.0459 e. The second-order valence-electron chi connectivity index (χ2n) is 5.15. The molecule has 2 aromatic carbocycles. The Hall–Kier alpha value is -1.80. The Bertz CT molecular complexity index is 563. The van der Waals surface area contributed by atoms with Crippen LogP contribution in [0.4, 0.5) is 11.4 Å². The minimum Gasteiger partial charge on any atom is -0.341 e. The molecular formula is C18H24N2. The van der Waals surface area contributed by atoms with Gasteiger partial charge in [0.05, 0.1) is 0 Å². The normalized spacial score (nSPS) is 12.2. The SMILES string of the molecule is CCN(c1cccc(C)c1)c1ccccc1C(C)NC. The highest BCUT2D eigenvalue weighted by Gasteiger charge is 2.14. The molecule has 0 aliphatic rings. The molecule has 0 aromatic heterocycles. The van der Waals surface area contributed by atoms with Crippen LogP contribution < -0.4 is 10.2 Å². The van der Waals surface area contributed by atoms with E-state index in [4.69, 9.17) is 0 Å². The Kier molecular flexibility index (Phi) is 4.80. The summed E-state index contributed by atoms with van der Waals surface area (Å²) < 4.78 is 0. The van der Waals surface area contributed by atoms with Gasteiger partial charge >= 0.3 is 0 Å². The number of rotatable bonds is 5. The third-order valence-corrected chi connectivity index (χ3v) is 3.76. The van der Waals surface area contributed by atoms with Gasteiger partial charge in [0.15, 0.2) is 0 Å². The number of para-hydroxylation sites is 1. The second kappa shape index (κ2) is 6.58. The van der Waals surface area contributed by atoms with Gasteiger partial charge in [0.25, 0.3) is 0 Å². The molecular weight excluding hydrogens is 244 g/mol. The number of nitrogens with zero attached hydrogens (tertiary/aromatic N) is 1. The van der Waals surface area contributed by atoms with E-state index in [2.05, 4.69) is 79.5 Å². The number of anilines is 2. The van der Waals surface area contributed by atoms with Crippen LogP contribution >= 0.6 is 0 Å². The van der Waals surface area contributed by atoms with E-state index in [0.717, 1.165) is 6.54 Å². The molecule has 1 atom stereocenters. The van der Waals surface area contributed by atoms with Gasteiger partial charge in [0, 0.05) is 24.0 Å². The van der Waals surface area contributed by atoms with E-state index < -0.39 is 0 Å². The smallest absolute Gasteiger partial charge is 0.0459 e. The van der Waals surface area contributed by atoms with Crippen molar-refractivity contribution in [2.45, 2.75) is 26.8 Å². The van der Waals surface area contributed by atoms with Crippen molar-refractivity contribution in [3.05, 3.63) is 59.7 Å². The van der Waals surface area contributed by atoms with Crippen molar-refractivity contribution in [2.24, 2.45) is 0 Å². The highest BCUT2D eigenvalue weighted by molar-refractivity contribution is 5.67. The lowest BCUT2D eigenvalue weighted by atomic mass is 10.0. The zero-order valence-electron chi connectivity index (χ0n) is 12.9. The summed E-state index contributed by atoms with van der Waals surface area (Å²) in [6, 6.07) is 17.6. The molecule has 2 rings (SSSR count). The molecule has 0 radical (unpaired) electrons. The van der Waals surface area contributed by atoms with E-state index in [1.807, 2.05) is 7.05 Å². The highest BCUT2D eigenvalue weighted by Crippen LogP contribution is 2.31. The van der Waals surface area contributed by atoms with E-state index in [9.17, 15) is 0 Å². The number of nitrogens with one attached hydrogen (secondary N) is 1. The van der Waals surface area contributed by atoms with Crippen molar-refractivity contribution >= 4 is 11.4 Å². The van der Waals surface area contributed by atoms with Gasteiger partial charge in [-0.2, -0.15) is 0 Å². The first-order valence-corrected chi connectivity index (χ1v) is 7.27. The van der Waals surface area contributed by atoms with Crippen molar-refractivity contribution in [3.8, 4) is 0 Å². The molecule has 2 nitrogen and oxygen atoms in total. The molecule has 1 unspecified atom stereocenters. The number of hydrogen-bond acceptors (Lipinski definition) is 2. The summed E-state index contributed by atoms with van der Waals surface area (Å²) in [5.74, 6) is 0. The third-order valence-electron chi connectivity index (χ3n) is 3.76. The molecule has 20 heavy (non-hydrogen) atoms. The monoisotopic (exact) mass is 268 g/mol. The fraction of sp³-hybridized carbons (Fsp3) is 0.333. The summed E-state index contributed by atoms with van der Waals surface area (Å²) in [5.41, 5.74) is 5.16. The van der Waals surface area contributed by atoms with Crippen molar-refractivity contribution < 1.29 is 0 Å². The second-order valence-corrected chi connectivity index (χ2v) is 5.15. The zero-order chi connectivity index (χ0) is 14.5. The van der Waals surface area contributed by atoms with E-state index in [-0.39, 0.29) is 0 Å². The Balaban J connectivity index is 2.47. The average Bonchev–Trinajstić information content (AvgIpc) is 2.48. The molecule has 0 aliphatic heterocycles. The summed E-state index contributed by atoms with van der Waals surface area (Å²) in [5, 5.41) is 3.34. The molecule has 0 fully saturated rings. The van der Waals surface area contributed by atoms with Crippen molar-refractivity contribution in [2.75, 3.05) is 18.5 Å². The predicted octanol–water partition coefficient (Wildman–Crippen LogP) is 4.43. The molecule has 0 aliphatic carbocycles. The van der Waals surface area contributed by atoms with E-state index >= 15 is 0 Å². The minimum atomic E-state index is 0.338. The van der Waals surface area contributed by atoms with E-state index in [0.29, 0.717) is 6.04 Å². The average molecular weight is 268 g/mol. The fourth-order valence-electron chi connectivity index (χ4n) is 2.54. The molecule has 0 bridgehead atoms. The Morgan fingerprint density at radius 2 is 1.85 bits per heavy atom. The van der Waals surface area contributed by atoms with Gasteiger partial charge in [0.1, 0.15) is 0 Å². The first kappa shape index (κ1) is 14.6. The van der Waals surface area contributed by atoms with Crippen LogP contribution in [-0.4, -0.2) is 13.6 Å². The lowest BCUT2D eigenvalue weighted by Crippen LogP contribution is -2.21. The Morgan fingerprint density at radius 3 is 2.50 bits per heavy atom. The number of aryl methyl sites for hydroxylation is 1. The molecule has 106 valence electrons. The van der Waals surface area contributed by atoms with E-state index in [1.54, 1.807) is 0 Å². The number of benzene rings is 2. The fourth-order valence-corrected chi connectivity index (χ4v) is 2.54. The predicted molar refractivity (Wildman–Crippen MR) is 87.8 cm³/mol. The maximum absolute atomic E-state index is 3.34. The standard InChI is InChI=1S/C18H24N2/c1-5-20(16-10-8-9-14(2)13-16)18-12-7-6-11-17(18)15(3)19-4/h6-13,15,19H,5H2,1-4H3. The highest BCUT2D eigenvalue weighted by atomic mass is 15.1. The molecule has 1 N–H and O–H groups in total. The van der Waals surface area contributed by atoms with Crippen LogP contribution in [0.25, 0.3) is 0 Å². The van der Waals surface area contributed by atoms with Gasteiger partial charge in [-0.05, 0) is 57.1 Å². The zero-order valence-corrected chi connectivity index (χ0v) is 12.9. The summed E-state index contributed by atoms with van der Waals surface area (Å²) in [6.45, 7) is 7.49. The van der Waals surface area contributed by atoms with Crippen LogP contribution in [0.5, 0.6) is 0 Å². The van der Waals surface area contributed by atoms with Crippen molar-refractivity contribution in [1.29, 1.82) is 0 Å². The van der Waals surface area contributed by atoms with Gasteiger partial charge in [-0.15, -0.1) is 0 Å². The molecule has 0 saturated heterocycles. The van der Waals surface area contributed by atoms with Crippen LogP contribution in [0.1, 0.15) is 31.0 Å². The van der Waals surface area contributed by atoms with Gasteiger partial charge < -0.3 is 10.2 Å². The topological polar surface area (TPSA) is 15.3 Å². The molecule has 2 heteroatoms. The number of hydrogen-bond donors (Lipinski definition) is 1. The minimum absolute atomic E-state index is 0.338. The third kappa shape index (κ3) is 3.02. The lowest BCUT2D eigenvalue weighted by Gasteiger charge is -2.28. The van der Waals surface area contributed by atoms with Crippen molar-refractivity contribution in [3.63, 3.8) is 0 Å². The Labute approximate surface area is 122 Å². The quantitative estimate of drug-likeness (QED) is 0.862. The first-order chi connectivity index (χ1) is 9.67. The molecule has 0 spiro atoms. The van der Waals surface area contributed by atoms with Gasteiger partial charge in [-0.25, -0.2) is 0 Å². The van der Waals surface area contributed by atoms with Crippen LogP contribution in [0, 0.1) is 6.92 Å². The van der Waals surface area contributed by atoms with Gasteiger partial charge in [0.2, 0.25) is 0 Å². The van der Waals surface area contributed by atoms with Crippen molar-refractivity contribution in [1.82, 2.24) is 5.32 Å². The first-order valence-electron chi connectivity index (χ1n) is 7.27. The Morgan fingerprint density at radius 1 is 1.10 bits per heavy atom. The molecule has 0 heterocycles.